The Bertz CT molecular complexity index is 262. The van der Waals surface area contributed by atoms with Gasteiger partial charge in [0.2, 0.25) is 0 Å². The Hall–Kier alpha value is 0.0700. The first-order chi connectivity index (χ1) is 6.89. The monoisotopic (exact) mass is 231 g/mol. The van der Waals surface area contributed by atoms with Crippen molar-refractivity contribution in [2.24, 2.45) is 17.8 Å². The van der Waals surface area contributed by atoms with Crippen molar-refractivity contribution in [2.75, 3.05) is 6.54 Å². The summed E-state index contributed by atoms with van der Waals surface area (Å²) < 4.78 is 14.7. The van der Waals surface area contributed by atoms with E-state index in [9.17, 15) is 9.32 Å². The van der Waals surface area contributed by atoms with E-state index in [2.05, 4.69) is 4.72 Å². The summed E-state index contributed by atoms with van der Waals surface area (Å²) in [7, 11) is -0.947. The van der Waals surface area contributed by atoms with Crippen molar-refractivity contribution in [1.29, 1.82) is 0 Å². The molecule has 2 aliphatic rings. The lowest BCUT2D eigenvalue weighted by Crippen LogP contribution is -2.35. The van der Waals surface area contributed by atoms with E-state index >= 15 is 0 Å². The highest BCUT2D eigenvalue weighted by Gasteiger charge is 2.55. The van der Waals surface area contributed by atoms with Crippen molar-refractivity contribution < 1.29 is 9.32 Å². The zero-order chi connectivity index (χ0) is 11.2. The SMILES string of the molecule is CC(C)(C)S(=O)NCC1[C@H]2CC(O)C[C@@H]12. The van der Waals surface area contributed by atoms with Crippen LogP contribution >= 0.6 is 0 Å². The van der Waals surface area contributed by atoms with Crippen LogP contribution < -0.4 is 4.72 Å². The molecule has 15 heavy (non-hydrogen) atoms. The van der Waals surface area contributed by atoms with Gasteiger partial charge in [0.1, 0.15) is 0 Å². The molecule has 5 atom stereocenters. The van der Waals surface area contributed by atoms with E-state index in [0.717, 1.165) is 19.4 Å². The average Bonchev–Trinajstić information content (AvgIpc) is 2.54. The molecule has 0 radical (unpaired) electrons. The zero-order valence-electron chi connectivity index (χ0n) is 9.69. The zero-order valence-corrected chi connectivity index (χ0v) is 10.5. The van der Waals surface area contributed by atoms with E-state index in [1.54, 1.807) is 0 Å². The number of hydrogen-bond acceptors (Lipinski definition) is 2. The Balaban J connectivity index is 1.72. The fraction of sp³-hybridized carbons (Fsp3) is 1.00. The second kappa shape index (κ2) is 3.82. The van der Waals surface area contributed by atoms with Crippen molar-refractivity contribution in [3.8, 4) is 0 Å². The van der Waals surface area contributed by atoms with Gasteiger partial charge in [-0.15, -0.1) is 0 Å². The van der Waals surface area contributed by atoms with Gasteiger partial charge in [-0.1, -0.05) is 0 Å². The van der Waals surface area contributed by atoms with Crippen molar-refractivity contribution in [1.82, 2.24) is 4.72 Å². The third kappa shape index (κ3) is 2.43. The largest absolute Gasteiger partial charge is 0.393 e. The number of aliphatic hydroxyl groups excluding tert-OH is 1. The Labute approximate surface area is 94.2 Å². The second-order valence-electron chi connectivity index (χ2n) is 5.85. The Morgan fingerprint density at radius 1 is 1.33 bits per heavy atom. The summed E-state index contributed by atoms with van der Waals surface area (Å²) in [5.41, 5.74) is 0. The molecule has 2 saturated carbocycles. The summed E-state index contributed by atoms with van der Waals surface area (Å²) in [6.45, 7) is 6.79. The first kappa shape index (κ1) is 11.6. The number of nitrogens with one attached hydrogen (secondary N) is 1. The van der Waals surface area contributed by atoms with E-state index in [-0.39, 0.29) is 10.9 Å². The van der Waals surface area contributed by atoms with E-state index in [0.29, 0.717) is 17.8 Å². The van der Waals surface area contributed by atoms with Gasteiger partial charge in [0.15, 0.2) is 0 Å². The van der Waals surface area contributed by atoms with Gasteiger partial charge >= 0.3 is 0 Å². The third-order valence-electron chi connectivity index (χ3n) is 3.60. The summed E-state index contributed by atoms with van der Waals surface area (Å²) >= 11 is 0. The molecule has 0 amide bonds. The minimum atomic E-state index is -0.947. The smallest absolute Gasteiger partial charge is 0.0970 e. The molecule has 2 aliphatic carbocycles. The molecule has 4 heteroatoms. The molecule has 0 aliphatic heterocycles. The first-order valence-corrected chi connectivity index (χ1v) is 6.88. The average molecular weight is 231 g/mol. The van der Waals surface area contributed by atoms with Crippen molar-refractivity contribution in [2.45, 2.75) is 44.5 Å². The predicted molar refractivity (Wildman–Crippen MR) is 61.6 cm³/mol. The van der Waals surface area contributed by atoms with Crippen LogP contribution in [0, 0.1) is 17.8 Å². The van der Waals surface area contributed by atoms with Gasteiger partial charge in [0.05, 0.1) is 21.8 Å². The lowest BCUT2D eigenvalue weighted by molar-refractivity contribution is 0.161. The van der Waals surface area contributed by atoms with Crippen LogP contribution in [-0.4, -0.2) is 26.7 Å². The maximum Gasteiger partial charge on any atom is 0.0970 e. The highest BCUT2D eigenvalue weighted by molar-refractivity contribution is 7.84. The van der Waals surface area contributed by atoms with Crippen molar-refractivity contribution >= 4 is 11.0 Å². The molecular formula is C11H21NO2S. The van der Waals surface area contributed by atoms with Crippen LogP contribution in [0.25, 0.3) is 0 Å². The molecule has 0 aromatic heterocycles. The van der Waals surface area contributed by atoms with Gasteiger partial charge in [-0.05, 0) is 51.4 Å². The van der Waals surface area contributed by atoms with Gasteiger partial charge in [0.25, 0.3) is 0 Å². The van der Waals surface area contributed by atoms with Gasteiger partial charge in [-0.25, -0.2) is 8.93 Å². The number of fused-ring (bicyclic) bond motifs is 1. The predicted octanol–water partition coefficient (Wildman–Crippen LogP) is 1.06. The fourth-order valence-corrected chi connectivity index (χ4v) is 3.42. The Morgan fingerprint density at radius 2 is 1.87 bits per heavy atom. The topological polar surface area (TPSA) is 49.3 Å². The molecule has 0 bridgehead atoms. The number of hydrogen-bond donors (Lipinski definition) is 2. The molecule has 0 aromatic carbocycles. The van der Waals surface area contributed by atoms with E-state index < -0.39 is 11.0 Å². The summed E-state index contributed by atoms with van der Waals surface area (Å²) in [6, 6.07) is 0. The molecule has 0 saturated heterocycles. The molecule has 2 rings (SSSR count). The fourth-order valence-electron chi connectivity index (χ4n) is 2.64. The van der Waals surface area contributed by atoms with Crippen molar-refractivity contribution in [3.05, 3.63) is 0 Å². The molecule has 0 heterocycles. The van der Waals surface area contributed by atoms with Gasteiger partial charge < -0.3 is 5.11 Å². The maximum absolute atomic E-state index is 11.7. The van der Waals surface area contributed by atoms with E-state index in [4.69, 9.17) is 0 Å². The molecule has 3 nitrogen and oxygen atoms in total. The van der Waals surface area contributed by atoms with Crippen LogP contribution in [0.15, 0.2) is 0 Å². The Kier molecular flexibility index (Phi) is 2.95. The summed E-state index contributed by atoms with van der Waals surface area (Å²) in [6.07, 6.45) is 1.85. The summed E-state index contributed by atoms with van der Waals surface area (Å²) in [4.78, 5) is 0. The maximum atomic E-state index is 11.7. The van der Waals surface area contributed by atoms with Crippen LogP contribution in [0.4, 0.5) is 0 Å². The van der Waals surface area contributed by atoms with Gasteiger partial charge in [0, 0.05) is 6.54 Å². The molecule has 2 fully saturated rings. The quantitative estimate of drug-likeness (QED) is 0.763. The number of aliphatic hydroxyl groups is 1. The third-order valence-corrected chi connectivity index (χ3v) is 5.14. The van der Waals surface area contributed by atoms with Crippen LogP contribution in [-0.2, 0) is 11.0 Å². The van der Waals surface area contributed by atoms with Crippen LogP contribution in [0.1, 0.15) is 33.6 Å². The minimum Gasteiger partial charge on any atom is -0.393 e. The van der Waals surface area contributed by atoms with Gasteiger partial charge in [-0.2, -0.15) is 0 Å². The minimum absolute atomic E-state index is 0.0654. The standard InChI is InChI=1S/C11H21NO2S/c1-11(2,3)15(14)12-6-10-8-4-7(13)5-9(8)10/h7-10,12-13H,4-6H2,1-3H3/t7?,8-,9+,10?,15?. The number of rotatable bonds is 3. The molecule has 0 spiro atoms. The van der Waals surface area contributed by atoms with Crippen LogP contribution in [0.3, 0.4) is 0 Å². The van der Waals surface area contributed by atoms with Gasteiger partial charge in [-0.3, -0.25) is 0 Å². The molecule has 2 N–H and O–H groups in total. The Morgan fingerprint density at radius 3 is 2.33 bits per heavy atom. The van der Waals surface area contributed by atoms with Crippen LogP contribution in [0.5, 0.6) is 0 Å². The molecular weight excluding hydrogens is 210 g/mol. The lowest BCUT2D eigenvalue weighted by atomic mass is 10.1. The van der Waals surface area contributed by atoms with Crippen LogP contribution in [0.2, 0.25) is 0 Å². The molecule has 3 unspecified atom stereocenters. The molecule has 0 aromatic rings. The lowest BCUT2D eigenvalue weighted by Gasteiger charge is -2.18. The molecule has 88 valence electrons. The second-order valence-corrected chi connectivity index (χ2v) is 7.90. The highest BCUT2D eigenvalue weighted by Crippen LogP contribution is 2.57. The summed E-state index contributed by atoms with van der Waals surface area (Å²) in [5, 5.41) is 9.37. The van der Waals surface area contributed by atoms with E-state index in [1.165, 1.54) is 0 Å². The first-order valence-electron chi connectivity index (χ1n) is 5.73. The highest BCUT2D eigenvalue weighted by atomic mass is 32.2. The van der Waals surface area contributed by atoms with Crippen molar-refractivity contribution in [3.63, 3.8) is 0 Å². The van der Waals surface area contributed by atoms with E-state index in [1.807, 2.05) is 20.8 Å². The normalized spacial score (nSPS) is 41.3. The summed E-state index contributed by atoms with van der Waals surface area (Å²) in [5.74, 6) is 2.06.